The Morgan fingerprint density at radius 3 is 2.35 bits per heavy atom. The summed E-state index contributed by atoms with van der Waals surface area (Å²) in [7, 11) is 0. The van der Waals surface area contributed by atoms with Crippen LogP contribution in [-0.4, -0.2) is 13.1 Å². The third-order valence-electron chi connectivity index (χ3n) is 2.99. The van der Waals surface area contributed by atoms with Crippen molar-refractivity contribution in [1.82, 2.24) is 5.32 Å². The maximum absolute atomic E-state index is 5.43. The summed E-state index contributed by atoms with van der Waals surface area (Å²) in [6.07, 6.45) is 17.5. The van der Waals surface area contributed by atoms with Crippen molar-refractivity contribution in [3.63, 3.8) is 0 Å². The van der Waals surface area contributed by atoms with Gasteiger partial charge in [-0.15, -0.1) is 0 Å². The molecule has 0 spiro atoms. The minimum Gasteiger partial charge on any atom is -0.391 e. The Morgan fingerprint density at radius 1 is 0.882 bits per heavy atom. The lowest BCUT2D eigenvalue weighted by atomic mass is 10.1. The van der Waals surface area contributed by atoms with Gasteiger partial charge in [0.15, 0.2) is 0 Å². The van der Waals surface area contributed by atoms with Gasteiger partial charge in [0.2, 0.25) is 0 Å². The van der Waals surface area contributed by atoms with Crippen LogP contribution in [0, 0.1) is 0 Å². The minimum atomic E-state index is 0.827. The first-order valence-electron chi connectivity index (χ1n) is 7.50. The molecule has 0 aromatic rings. The SMILES string of the molecule is CCCCCCCCC=CNCCCCCN. The van der Waals surface area contributed by atoms with Crippen molar-refractivity contribution < 1.29 is 0 Å². The van der Waals surface area contributed by atoms with Crippen molar-refractivity contribution in [1.29, 1.82) is 0 Å². The number of nitrogens with one attached hydrogen (secondary N) is 1. The second kappa shape index (κ2) is 15.5. The smallest absolute Gasteiger partial charge is 0.0141 e. The second-order valence-corrected chi connectivity index (χ2v) is 4.76. The van der Waals surface area contributed by atoms with E-state index in [-0.39, 0.29) is 0 Å². The van der Waals surface area contributed by atoms with Crippen LogP contribution in [-0.2, 0) is 0 Å². The zero-order valence-electron chi connectivity index (χ0n) is 11.7. The Labute approximate surface area is 108 Å². The molecule has 0 saturated heterocycles. The fraction of sp³-hybridized carbons (Fsp3) is 0.867. The van der Waals surface area contributed by atoms with Crippen molar-refractivity contribution in [2.24, 2.45) is 5.73 Å². The number of hydrogen-bond acceptors (Lipinski definition) is 2. The highest BCUT2D eigenvalue weighted by Gasteiger charge is 1.88. The normalized spacial score (nSPS) is 11.2. The van der Waals surface area contributed by atoms with Crippen LogP contribution >= 0.6 is 0 Å². The third-order valence-corrected chi connectivity index (χ3v) is 2.99. The summed E-state index contributed by atoms with van der Waals surface area (Å²) >= 11 is 0. The van der Waals surface area contributed by atoms with E-state index in [0.717, 1.165) is 19.5 Å². The van der Waals surface area contributed by atoms with Crippen molar-refractivity contribution in [2.45, 2.75) is 71.1 Å². The molecule has 0 aromatic heterocycles. The number of hydrogen-bond donors (Lipinski definition) is 2. The fourth-order valence-corrected chi connectivity index (χ4v) is 1.84. The number of nitrogens with two attached hydrogens (primary N) is 1. The summed E-state index contributed by atoms with van der Waals surface area (Å²) < 4.78 is 0. The Morgan fingerprint density at radius 2 is 1.59 bits per heavy atom. The van der Waals surface area contributed by atoms with Crippen LogP contribution in [0.3, 0.4) is 0 Å². The van der Waals surface area contributed by atoms with E-state index < -0.39 is 0 Å². The summed E-state index contributed by atoms with van der Waals surface area (Å²) in [6, 6.07) is 0. The molecular formula is C15H32N2. The molecule has 0 aliphatic carbocycles. The number of unbranched alkanes of at least 4 members (excludes halogenated alkanes) is 8. The second-order valence-electron chi connectivity index (χ2n) is 4.76. The van der Waals surface area contributed by atoms with Crippen molar-refractivity contribution in [3.8, 4) is 0 Å². The average molecular weight is 240 g/mol. The molecule has 0 saturated carbocycles. The summed E-state index contributed by atoms with van der Waals surface area (Å²) in [5.74, 6) is 0. The molecule has 0 aliphatic rings. The van der Waals surface area contributed by atoms with Gasteiger partial charge >= 0.3 is 0 Å². The van der Waals surface area contributed by atoms with E-state index in [1.54, 1.807) is 0 Å². The van der Waals surface area contributed by atoms with Crippen LogP contribution in [0.15, 0.2) is 12.3 Å². The van der Waals surface area contributed by atoms with Gasteiger partial charge in [0.25, 0.3) is 0 Å². The first-order valence-corrected chi connectivity index (χ1v) is 7.50. The van der Waals surface area contributed by atoms with Crippen LogP contribution in [0.1, 0.15) is 71.1 Å². The largest absolute Gasteiger partial charge is 0.391 e. The van der Waals surface area contributed by atoms with Gasteiger partial charge in [-0.2, -0.15) is 0 Å². The molecule has 0 heterocycles. The molecule has 0 atom stereocenters. The summed E-state index contributed by atoms with van der Waals surface area (Å²) in [6.45, 7) is 4.18. The molecule has 0 rings (SSSR count). The first kappa shape index (κ1) is 16.5. The van der Waals surface area contributed by atoms with E-state index in [4.69, 9.17) is 5.73 Å². The van der Waals surface area contributed by atoms with E-state index in [1.807, 2.05) is 0 Å². The third kappa shape index (κ3) is 15.5. The molecule has 2 nitrogen and oxygen atoms in total. The van der Waals surface area contributed by atoms with Gasteiger partial charge in [-0.3, -0.25) is 0 Å². The van der Waals surface area contributed by atoms with Gasteiger partial charge < -0.3 is 11.1 Å². The minimum absolute atomic E-state index is 0.827. The van der Waals surface area contributed by atoms with Crippen LogP contribution < -0.4 is 11.1 Å². The van der Waals surface area contributed by atoms with Gasteiger partial charge in [-0.05, 0) is 38.4 Å². The van der Waals surface area contributed by atoms with Crippen molar-refractivity contribution in [3.05, 3.63) is 12.3 Å². The predicted octanol–water partition coefficient (Wildman–Crippen LogP) is 3.97. The van der Waals surface area contributed by atoms with E-state index in [1.165, 1.54) is 57.8 Å². The van der Waals surface area contributed by atoms with Crippen LogP contribution in [0.2, 0.25) is 0 Å². The first-order chi connectivity index (χ1) is 8.41. The lowest BCUT2D eigenvalue weighted by molar-refractivity contribution is 0.610. The molecular weight excluding hydrogens is 208 g/mol. The molecule has 3 N–H and O–H groups in total. The maximum Gasteiger partial charge on any atom is 0.0141 e. The molecule has 0 aromatic carbocycles. The van der Waals surface area contributed by atoms with Crippen LogP contribution in [0.4, 0.5) is 0 Å². The zero-order chi connectivity index (χ0) is 12.6. The van der Waals surface area contributed by atoms with E-state index in [9.17, 15) is 0 Å². The zero-order valence-corrected chi connectivity index (χ0v) is 11.7. The summed E-state index contributed by atoms with van der Waals surface area (Å²) in [5, 5.41) is 3.33. The van der Waals surface area contributed by atoms with Gasteiger partial charge in [-0.25, -0.2) is 0 Å². The highest BCUT2D eigenvalue weighted by atomic mass is 14.8. The van der Waals surface area contributed by atoms with E-state index >= 15 is 0 Å². The van der Waals surface area contributed by atoms with E-state index in [0.29, 0.717) is 0 Å². The molecule has 0 aliphatic heterocycles. The van der Waals surface area contributed by atoms with Crippen molar-refractivity contribution >= 4 is 0 Å². The topological polar surface area (TPSA) is 38.0 Å². The van der Waals surface area contributed by atoms with E-state index in [2.05, 4.69) is 24.5 Å². The van der Waals surface area contributed by atoms with Gasteiger partial charge in [-0.1, -0.05) is 51.5 Å². The van der Waals surface area contributed by atoms with Gasteiger partial charge in [0.1, 0.15) is 0 Å². The molecule has 0 unspecified atom stereocenters. The van der Waals surface area contributed by atoms with Gasteiger partial charge in [0, 0.05) is 6.54 Å². The van der Waals surface area contributed by atoms with Crippen LogP contribution in [0.25, 0.3) is 0 Å². The predicted molar refractivity (Wildman–Crippen MR) is 78.0 cm³/mol. The Hall–Kier alpha value is -0.500. The Bertz CT molecular complexity index is 155. The summed E-state index contributed by atoms with van der Waals surface area (Å²) in [4.78, 5) is 0. The molecule has 0 bridgehead atoms. The lowest BCUT2D eigenvalue weighted by Gasteiger charge is -2.00. The molecule has 2 heteroatoms. The van der Waals surface area contributed by atoms with Gasteiger partial charge in [0.05, 0.1) is 0 Å². The highest BCUT2D eigenvalue weighted by Crippen LogP contribution is 2.06. The molecule has 17 heavy (non-hydrogen) atoms. The Kier molecular flexibility index (Phi) is 15.0. The standard InChI is InChI=1S/C15H32N2/c1-2-3-4-5-6-7-8-11-14-17-15-12-9-10-13-16/h11,14,17H,2-10,12-13,15-16H2,1H3. The maximum atomic E-state index is 5.43. The number of allylic oxidation sites excluding steroid dienone is 1. The number of rotatable bonds is 13. The lowest BCUT2D eigenvalue weighted by Crippen LogP contribution is -2.07. The summed E-state index contributed by atoms with van der Waals surface area (Å²) in [5.41, 5.74) is 5.43. The fourth-order valence-electron chi connectivity index (χ4n) is 1.84. The average Bonchev–Trinajstić information content (AvgIpc) is 2.35. The molecule has 0 radical (unpaired) electrons. The molecule has 0 amide bonds. The van der Waals surface area contributed by atoms with Crippen molar-refractivity contribution in [2.75, 3.05) is 13.1 Å². The Balaban J connectivity index is 2.99. The quantitative estimate of drug-likeness (QED) is 0.478. The highest BCUT2D eigenvalue weighted by molar-refractivity contribution is 4.78. The monoisotopic (exact) mass is 240 g/mol. The molecule has 102 valence electrons. The van der Waals surface area contributed by atoms with Crippen LogP contribution in [0.5, 0.6) is 0 Å². The molecule has 0 fully saturated rings.